The molecule has 0 aliphatic rings. The van der Waals surface area contributed by atoms with Gasteiger partial charge in [-0.2, -0.15) is 0 Å². The second kappa shape index (κ2) is 10.9. The summed E-state index contributed by atoms with van der Waals surface area (Å²) >= 11 is 0. The van der Waals surface area contributed by atoms with Gasteiger partial charge in [0.15, 0.2) is 5.84 Å². The highest BCUT2D eigenvalue weighted by Gasteiger charge is 1.99. The predicted molar refractivity (Wildman–Crippen MR) is 80.0 cm³/mol. The van der Waals surface area contributed by atoms with E-state index >= 15 is 0 Å². The average Bonchev–Trinajstić information content (AvgIpc) is 2.53. The lowest BCUT2D eigenvalue weighted by molar-refractivity contribution is 0.0717. The zero-order valence-corrected chi connectivity index (χ0v) is 12.2. The van der Waals surface area contributed by atoms with Crippen LogP contribution in [-0.4, -0.2) is 57.7 Å². The molecule has 0 saturated heterocycles. The molecule has 0 heterocycles. The first kappa shape index (κ1) is 17.2. The van der Waals surface area contributed by atoms with E-state index in [1.165, 1.54) is 0 Å². The van der Waals surface area contributed by atoms with Crippen molar-refractivity contribution >= 4 is 5.84 Å². The lowest BCUT2D eigenvalue weighted by Crippen LogP contribution is -2.25. The second-order valence-corrected chi connectivity index (χ2v) is 4.21. The van der Waals surface area contributed by atoms with Crippen LogP contribution in [0.25, 0.3) is 0 Å². The van der Waals surface area contributed by atoms with E-state index < -0.39 is 0 Å². The number of benzene rings is 1. The molecule has 4 N–H and O–H groups in total. The molecule has 7 heteroatoms. The highest BCUT2D eigenvalue weighted by atomic mass is 16.5. The summed E-state index contributed by atoms with van der Waals surface area (Å²) in [4.78, 5) is 0. The van der Waals surface area contributed by atoms with Crippen LogP contribution in [-0.2, 0) is 9.47 Å². The molecule has 0 radical (unpaired) electrons. The predicted octanol–water partition coefficient (Wildman–Crippen LogP) is 0.413. The molecule has 1 rings (SSSR count). The molecule has 7 nitrogen and oxygen atoms in total. The van der Waals surface area contributed by atoms with Crippen LogP contribution < -0.4 is 15.8 Å². The van der Waals surface area contributed by atoms with Gasteiger partial charge in [-0.05, 0) is 24.3 Å². The van der Waals surface area contributed by atoms with Crippen molar-refractivity contribution in [2.75, 3.05) is 46.6 Å². The van der Waals surface area contributed by atoms with E-state index in [1.54, 1.807) is 31.4 Å². The molecule has 0 aliphatic carbocycles. The minimum atomic E-state index is 0.0803. The Morgan fingerprint density at radius 1 is 1.14 bits per heavy atom. The van der Waals surface area contributed by atoms with Crippen LogP contribution in [0.3, 0.4) is 0 Å². The maximum atomic E-state index is 8.56. The highest BCUT2D eigenvalue weighted by Crippen LogP contribution is 2.11. The summed E-state index contributed by atoms with van der Waals surface area (Å²) in [6.45, 7) is 3.94. The summed E-state index contributed by atoms with van der Waals surface area (Å²) in [5, 5.41) is 14.7. The molecule has 0 unspecified atom stereocenters. The van der Waals surface area contributed by atoms with Gasteiger partial charge in [0.05, 0.1) is 19.8 Å². The van der Waals surface area contributed by atoms with Crippen LogP contribution >= 0.6 is 0 Å². The summed E-state index contributed by atoms with van der Waals surface area (Å²) in [6, 6.07) is 7.03. The van der Waals surface area contributed by atoms with Crippen molar-refractivity contribution in [2.45, 2.75) is 0 Å². The monoisotopic (exact) mass is 297 g/mol. The smallest absolute Gasteiger partial charge is 0.170 e. The maximum Gasteiger partial charge on any atom is 0.170 e. The molecule has 0 saturated carbocycles. The quantitative estimate of drug-likeness (QED) is 0.180. The van der Waals surface area contributed by atoms with Crippen molar-refractivity contribution in [1.82, 2.24) is 5.32 Å². The normalized spacial score (nSPS) is 11.6. The zero-order valence-electron chi connectivity index (χ0n) is 12.2. The number of oxime groups is 1. The topological polar surface area (TPSA) is 98.3 Å². The largest absolute Gasteiger partial charge is 0.492 e. The number of rotatable bonds is 11. The van der Waals surface area contributed by atoms with E-state index in [2.05, 4.69) is 10.5 Å². The van der Waals surface area contributed by atoms with E-state index in [4.69, 9.17) is 25.2 Å². The molecular weight excluding hydrogens is 274 g/mol. The summed E-state index contributed by atoms with van der Waals surface area (Å²) in [7, 11) is 1.65. The minimum absolute atomic E-state index is 0.0803. The molecule has 0 amide bonds. The number of methoxy groups -OCH3 is 1. The van der Waals surface area contributed by atoms with E-state index in [-0.39, 0.29) is 5.84 Å². The van der Waals surface area contributed by atoms with Gasteiger partial charge in [0, 0.05) is 25.8 Å². The van der Waals surface area contributed by atoms with Gasteiger partial charge >= 0.3 is 0 Å². The van der Waals surface area contributed by atoms with Crippen molar-refractivity contribution in [1.29, 1.82) is 0 Å². The van der Waals surface area contributed by atoms with Crippen molar-refractivity contribution in [3.63, 3.8) is 0 Å². The standard InChI is InChI=1S/C14H23N3O4/c1-19-10-11-20-8-6-16-7-9-21-13-4-2-12(3-5-13)14(15)17-18/h2-5,16,18H,6-11H2,1H3,(H2,15,17). The third kappa shape index (κ3) is 7.50. The molecule has 1 aromatic carbocycles. The molecule has 0 aliphatic heterocycles. The van der Waals surface area contributed by atoms with Crippen LogP contribution in [0.15, 0.2) is 29.4 Å². The molecule has 0 aromatic heterocycles. The fourth-order valence-corrected chi connectivity index (χ4v) is 1.53. The van der Waals surface area contributed by atoms with E-state index in [0.717, 1.165) is 18.8 Å². The molecule has 118 valence electrons. The van der Waals surface area contributed by atoms with E-state index in [1.807, 2.05) is 0 Å². The van der Waals surface area contributed by atoms with Gasteiger partial charge < -0.3 is 30.5 Å². The SMILES string of the molecule is COCCOCCNCCOc1ccc(C(N)=NO)cc1. The van der Waals surface area contributed by atoms with Crippen molar-refractivity contribution in [3.8, 4) is 5.75 Å². The number of nitrogens with one attached hydrogen (secondary N) is 1. The number of nitrogens with two attached hydrogens (primary N) is 1. The number of nitrogens with zero attached hydrogens (tertiary/aromatic N) is 1. The number of amidine groups is 1. The molecule has 0 bridgehead atoms. The Balaban J connectivity index is 2.08. The van der Waals surface area contributed by atoms with Gasteiger partial charge in [-0.25, -0.2) is 0 Å². The third-order valence-electron chi connectivity index (χ3n) is 2.66. The van der Waals surface area contributed by atoms with Gasteiger partial charge in [-0.1, -0.05) is 5.16 Å². The summed E-state index contributed by atoms with van der Waals surface area (Å²) in [5.41, 5.74) is 6.12. The Hall–Kier alpha value is -1.83. The Morgan fingerprint density at radius 2 is 1.86 bits per heavy atom. The fraction of sp³-hybridized carbons (Fsp3) is 0.500. The van der Waals surface area contributed by atoms with Crippen LogP contribution in [0.1, 0.15) is 5.56 Å². The van der Waals surface area contributed by atoms with Crippen molar-refractivity contribution in [2.24, 2.45) is 10.9 Å². The van der Waals surface area contributed by atoms with Crippen LogP contribution in [0.5, 0.6) is 5.75 Å². The van der Waals surface area contributed by atoms with E-state index in [0.29, 0.717) is 32.0 Å². The number of hydrogen-bond acceptors (Lipinski definition) is 6. The first-order chi connectivity index (χ1) is 10.3. The lowest BCUT2D eigenvalue weighted by Gasteiger charge is -2.08. The number of hydrogen-bond donors (Lipinski definition) is 3. The molecule has 0 atom stereocenters. The van der Waals surface area contributed by atoms with Crippen LogP contribution in [0, 0.1) is 0 Å². The first-order valence-electron chi connectivity index (χ1n) is 6.76. The maximum absolute atomic E-state index is 8.56. The highest BCUT2D eigenvalue weighted by molar-refractivity contribution is 5.97. The average molecular weight is 297 g/mol. The van der Waals surface area contributed by atoms with Crippen molar-refractivity contribution < 1.29 is 19.4 Å². The van der Waals surface area contributed by atoms with Crippen LogP contribution in [0.4, 0.5) is 0 Å². The second-order valence-electron chi connectivity index (χ2n) is 4.21. The van der Waals surface area contributed by atoms with Gasteiger partial charge in [0.2, 0.25) is 0 Å². The molecule has 21 heavy (non-hydrogen) atoms. The van der Waals surface area contributed by atoms with E-state index in [9.17, 15) is 0 Å². The summed E-state index contributed by atoms with van der Waals surface area (Å²) in [6.07, 6.45) is 0. The Morgan fingerprint density at radius 3 is 2.52 bits per heavy atom. The summed E-state index contributed by atoms with van der Waals surface area (Å²) in [5.74, 6) is 0.819. The molecule has 0 fully saturated rings. The number of ether oxygens (including phenoxy) is 3. The summed E-state index contributed by atoms with van der Waals surface area (Å²) < 4.78 is 15.7. The first-order valence-corrected chi connectivity index (χ1v) is 6.76. The molecule has 0 spiro atoms. The van der Waals surface area contributed by atoms with Crippen LogP contribution in [0.2, 0.25) is 0 Å². The van der Waals surface area contributed by atoms with Gasteiger partial charge in [-0.3, -0.25) is 0 Å². The Kier molecular flexibility index (Phi) is 8.94. The molecular formula is C14H23N3O4. The van der Waals surface area contributed by atoms with Gasteiger partial charge in [-0.15, -0.1) is 0 Å². The Labute approximate surface area is 124 Å². The third-order valence-corrected chi connectivity index (χ3v) is 2.66. The Bertz CT molecular complexity index is 409. The fourth-order valence-electron chi connectivity index (χ4n) is 1.53. The molecule has 1 aromatic rings. The minimum Gasteiger partial charge on any atom is -0.492 e. The van der Waals surface area contributed by atoms with Gasteiger partial charge in [0.1, 0.15) is 12.4 Å². The lowest BCUT2D eigenvalue weighted by atomic mass is 10.2. The zero-order chi connectivity index (χ0) is 15.3. The van der Waals surface area contributed by atoms with Crippen molar-refractivity contribution in [3.05, 3.63) is 29.8 Å². The van der Waals surface area contributed by atoms with Gasteiger partial charge in [0.25, 0.3) is 0 Å².